The van der Waals surface area contributed by atoms with Gasteiger partial charge in [0.1, 0.15) is 0 Å². The molecule has 0 aliphatic heterocycles. The van der Waals surface area contributed by atoms with Crippen LogP contribution in [0, 0.1) is 6.92 Å². The predicted molar refractivity (Wildman–Crippen MR) is 107 cm³/mol. The lowest BCUT2D eigenvalue weighted by Crippen LogP contribution is -2.12. The summed E-state index contributed by atoms with van der Waals surface area (Å²) in [6.45, 7) is 1.93. The molecule has 4 aromatic rings. The van der Waals surface area contributed by atoms with Crippen molar-refractivity contribution in [2.45, 2.75) is 13.3 Å². The van der Waals surface area contributed by atoms with E-state index in [1.54, 1.807) is 24.3 Å². The molecule has 0 bridgehead atoms. The van der Waals surface area contributed by atoms with Crippen molar-refractivity contribution in [3.05, 3.63) is 65.4 Å². The molecule has 4 rings (SSSR count). The van der Waals surface area contributed by atoms with Crippen LogP contribution < -0.4 is 0 Å². The van der Waals surface area contributed by atoms with Crippen molar-refractivity contribution < 1.29 is 19.8 Å². The minimum absolute atomic E-state index is 0.00432. The van der Waals surface area contributed by atoms with E-state index in [0.29, 0.717) is 16.6 Å². The lowest BCUT2D eigenvalue weighted by atomic mass is 9.93. The van der Waals surface area contributed by atoms with Gasteiger partial charge in [-0.3, -0.25) is 4.79 Å². The van der Waals surface area contributed by atoms with Crippen molar-refractivity contribution in [1.82, 2.24) is 9.55 Å². The van der Waals surface area contributed by atoms with Crippen molar-refractivity contribution in [3.63, 3.8) is 0 Å². The number of rotatable bonds is 4. The molecular formula is C22H18N2O4. The third-order valence-corrected chi connectivity index (χ3v) is 5.17. The van der Waals surface area contributed by atoms with Crippen LogP contribution >= 0.6 is 0 Å². The highest BCUT2D eigenvalue weighted by Gasteiger charge is 2.26. The summed E-state index contributed by atoms with van der Waals surface area (Å²) in [6.07, 6.45) is -0.419. The molecule has 6 heteroatoms. The van der Waals surface area contributed by atoms with E-state index < -0.39 is 18.4 Å². The van der Waals surface area contributed by atoms with Gasteiger partial charge in [0.25, 0.3) is 0 Å². The fraction of sp³-hybridized carbons (Fsp3) is 0.136. The van der Waals surface area contributed by atoms with Crippen LogP contribution in [0.3, 0.4) is 0 Å². The average molecular weight is 374 g/mol. The normalized spacial score (nSPS) is 11.2. The molecule has 0 radical (unpaired) electrons. The number of aromatic carboxylic acids is 1. The van der Waals surface area contributed by atoms with E-state index in [0.717, 1.165) is 22.2 Å². The van der Waals surface area contributed by atoms with Crippen LogP contribution in [-0.2, 0) is 18.3 Å². The van der Waals surface area contributed by atoms with Crippen LogP contribution in [-0.4, -0.2) is 31.7 Å². The summed E-state index contributed by atoms with van der Waals surface area (Å²) in [5, 5.41) is 20.7. The molecule has 0 amide bonds. The Hall–Kier alpha value is -3.67. The Morgan fingerprint density at radius 1 is 1.00 bits per heavy atom. The average Bonchev–Trinajstić information content (AvgIpc) is 2.91. The van der Waals surface area contributed by atoms with Gasteiger partial charge in [0.15, 0.2) is 0 Å². The Bertz CT molecular complexity index is 1270. The minimum Gasteiger partial charge on any atom is -0.481 e. The van der Waals surface area contributed by atoms with E-state index in [1.165, 1.54) is 0 Å². The molecule has 0 fully saturated rings. The van der Waals surface area contributed by atoms with Gasteiger partial charge in [-0.1, -0.05) is 36.4 Å². The van der Waals surface area contributed by atoms with Crippen LogP contribution in [0.25, 0.3) is 33.1 Å². The number of para-hydroxylation sites is 2. The van der Waals surface area contributed by atoms with E-state index in [-0.39, 0.29) is 11.1 Å². The molecule has 0 aliphatic rings. The molecule has 2 heterocycles. The molecule has 2 N–H and O–H groups in total. The van der Waals surface area contributed by atoms with Crippen LogP contribution in [0.15, 0.2) is 48.5 Å². The smallest absolute Gasteiger partial charge is 0.336 e. The number of hydrogen-bond donors (Lipinski definition) is 2. The molecule has 2 aromatic carbocycles. The lowest BCUT2D eigenvalue weighted by Gasteiger charge is -2.14. The Morgan fingerprint density at radius 3 is 2.32 bits per heavy atom. The van der Waals surface area contributed by atoms with Crippen LogP contribution in [0.2, 0.25) is 0 Å². The molecule has 0 saturated carbocycles. The number of aromatic nitrogens is 2. The monoisotopic (exact) mass is 374 g/mol. The zero-order chi connectivity index (χ0) is 20.0. The second kappa shape index (κ2) is 6.49. The lowest BCUT2D eigenvalue weighted by molar-refractivity contribution is -0.136. The highest BCUT2D eigenvalue weighted by molar-refractivity contribution is 6.08. The zero-order valence-electron chi connectivity index (χ0n) is 15.4. The highest BCUT2D eigenvalue weighted by Crippen LogP contribution is 2.38. The SMILES string of the molecule is Cc1c(-c2nc3ccccc3c(C(=O)O)c2CC(=O)O)c2ccccc2n1C. The van der Waals surface area contributed by atoms with Gasteiger partial charge in [0, 0.05) is 40.2 Å². The highest BCUT2D eigenvalue weighted by atomic mass is 16.4. The molecule has 0 aliphatic carbocycles. The first-order valence-electron chi connectivity index (χ1n) is 8.81. The predicted octanol–water partition coefficient (Wildman–Crippen LogP) is 4.03. The van der Waals surface area contributed by atoms with Gasteiger partial charge in [-0.05, 0) is 19.1 Å². The molecule has 0 atom stereocenters. The van der Waals surface area contributed by atoms with Gasteiger partial charge >= 0.3 is 11.9 Å². The summed E-state index contributed by atoms with van der Waals surface area (Å²) in [4.78, 5) is 28.4. The molecule has 0 unspecified atom stereocenters. The zero-order valence-corrected chi connectivity index (χ0v) is 15.4. The summed E-state index contributed by atoms with van der Waals surface area (Å²) in [7, 11) is 1.93. The maximum absolute atomic E-state index is 12.1. The summed E-state index contributed by atoms with van der Waals surface area (Å²) < 4.78 is 2.01. The Balaban J connectivity index is 2.20. The van der Waals surface area contributed by atoms with E-state index in [1.807, 2.05) is 42.8 Å². The second-order valence-corrected chi connectivity index (χ2v) is 6.74. The first kappa shape index (κ1) is 17.7. The van der Waals surface area contributed by atoms with Gasteiger partial charge in [-0.2, -0.15) is 0 Å². The number of nitrogens with zero attached hydrogens (tertiary/aromatic N) is 2. The van der Waals surface area contributed by atoms with Crippen molar-refractivity contribution in [2.24, 2.45) is 7.05 Å². The van der Waals surface area contributed by atoms with Crippen molar-refractivity contribution in [1.29, 1.82) is 0 Å². The number of pyridine rings is 1. The summed E-state index contributed by atoms with van der Waals surface area (Å²) in [5.41, 5.74) is 3.79. The number of hydrogen-bond acceptors (Lipinski definition) is 3. The molecule has 0 spiro atoms. The quantitative estimate of drug-likeness (QED) is 0.563. The summed E-state index contributed by atoms with van der Waals surface area (Å²) >= 11 is 0. The fourth-order valence-corrected chi connectivity index (χ4v) is 3.85. The number of benzene rings is 2. The third kappa shape index (κ3) is 2.62. The fourth-order valence-electron chi connectivity index (χ4n) is 3.85. The molecule has 28 heavy (non-hydrogen) atoms. The van der Waals surface area contributed by atoms with Crippen LogP contribution in [0.5, 0.6) is 0 Å². The Morgan fingerprint density at radius 2 is 1.64 bits per heavy atom. The van der Waals surface area contributed by atoms with E-state index in [2.05, 4.69) is 0 Å². The molecule has 0 saturated heterocycles. The number of fused-ring (bicyclic) bond motifs is 2. The number of aliphatic carboxylic acids is 1. The van der Waals surface area contributed by atoms with E-state index >= 15 is 0 Å². The number of aryl methyl sites for hydroxylation is 1. The molecule has 140 valence electrons. The maximum Gasteiger partial charge on any atom is 0.336 e. The minimum atomic E-state index is -1.16. The Kier molecular flexibility index (Phi) is 4.11. The van der Waals surface area contributed by atoms with Crippen molar-refractivity contribution in [2.75, 3.05) is 0 Å². The second-order valence-electron chi connectivity index (χ2n) is 6.74. The maximum atomic E-state index is 12.1. The number of carbonyl (C=O) groups is 2. The molecular weight excluding hydrogens is 356 g/mol. The largest absolute Gasteiger partial charge is 0.481 e. The molecule has 2 aromatic heterocycles. The van der Waals surface area contributed by atoms with Crippen molar-refractivity contribution >= 4 is 33.7 Å². The summed E-state index contributed by atoms with van der Waals surface area (Å²) in [5.74, 6) is -2.26. The Labute approximate surface area is 160 Å². The van der Waals surface area contributed by atoms with Crippen LogP contribution in [0.1, 0.15) is 21.6 Å². The molecule has 6 nitrogen and oxygen atoms in total. The van der Waals surface area contributed by atoms with Gasteiger partial charge in [-0.15, -0.1) is 0 Å². The van der Waals surface area contributed by atoms with Gasteiger partial charge in [0.05, 0.1) is 23.2 Å². The van der Waals surface area contributed by atoms with Gasteiger partial charge < -0.3 is 14.8 Å². The number of carboxylic acid groups (broad SMARTS) is 2. The van der Waals surface area contributed by atoms with Crippen molar-refractivity contribution in [3.8, 4) is 11.3 Å². The number of carboxylic acids is 2. The first-order chi connectivity index (χ1) is 13.4. The first-order valence-corrected chi connectivity index (χ1v) is 8.81. The van der Waals surface area contributed by atoms with E-state index in [9.17, 15) is 19.8 Å². The van der Waals surface area contributed by atoms with Crippen LogP contribution in [0.4, 0.5) is 0 Å². The topological polar surface area (TPSA) is 92.4 Å². The van der Waals surface area contributed by atoms with E-state index in [4.69, 9.17) is 4.98 Å². The summed E-state index contributed by atoms with van der Waals surface area (Å²) in [6, 6.07) is 14.7. The van der Waals surface area contributed by atoms with Gasteiger partial charge in [-0.25, -0.2) is 9.78 Å². The van der Waals surface area contributed by atoms with Gasteiger partial charge in [0.2, 0.25) is 0 Å². The standard InChI is InChI=1S/C22H18N2O4/c1-12-19(14-8-4-6-10-17(14)24(12)2)21-15(11-18(25)26)20(22(27)28)13-7-3-5-9-16(13)23-21/h3-10H,11H2,1-2H3,(H,25,26)(H,27,28). The third-order valence-electron chi connectivity index (χ3n) is 5.17.